The Hall–Kier alpha value is -4.25. The molecule has 17 heteroatoms. The zero-order valence-electron chi connectivity index (χ0n) is 23.0. The second-order valence-electron chi connectivity index (χ2n) is 8.48. The van der Waals surface area contributed by atoms with Gasteiger partial charge in [0.15, 0.2) is 15.4 Å². The molecule has 13 nitrogen and oxygen atoms in total. The molecule has 3 rings (SSSR count). The lowest BCUT2D eigenvalue weighted by Gasteiger charge is -2.15. The Bertz CT molecular complexity index is 1660. The van der Waals surface area contributed by atoms with Gasteiger partial charge in [-0.25, -0.2) is 21.8 Å². The number of rotatable bonds is 11. The fourth-order valence-corrected chi connectivity index (χ4v) is 5.67. The van der Waals surface area contributed by atoms with E-state index < -0.39 is 72.5 Å². The molecule has 2 N–H and O–H groups in total. The highest BCUT2D eigenvalue weighted by atomic mass is 32.2. The van der Waals surface area contributed by atoms with E-state index in [1.807, 2.05) is 18.6 Å². The number of halogens is 2. The molecule has 228 valence electrons. The first-order valence-electron chi connectivity index (χ1n) is 12.3. The van der Waals surface area contributed by atoms with Crippen molar-refractivity contribution in [1.29, 1.82) is 0 Å². The molecule has 0 aliphatic heterocycles. The van der Waals surface area contributed by atoms with Gasteiger partial charge in [0.05, 0.1) is 24.3 Å². The average molecular weight is 630 g/mol. The molecule has 0 aliphatic carbocycles. The van der Waals surface area contributed by atoms with Crippen LogP contribution in [-0.2, 0) is 30.4 Å². The van der Waals surface area contributed by atoms with Gasteiger partial charge in [-0.1, -0.05) is 53.1 Å². The lowest BCUT2D eigenvalue weighted by Crippen LogP contribution is -2.42. The van der Waals surface area contributed by atoms with Crippen LogP contribution in [-0.4, -0.2) is 75.2 Å². The van der Waals surface area contributed by atoms with E-state index in [2.05, 4.69) is 15.3 Å². The third-order valence-electron chi connectivity index (χ3n) is 5.13. The Morgan fingerprint density at radius 2 is 1.64 bits per heavy atom. The van der Waals surface area contributed by atoms with Crippen molar-refractivity contribution >= 4 is 54.4 Å². The number of aromatic nitrogens is 1. The van der Waals surface area contributed by atoms with Gasteiger partial charge in [0.25, 0.3) is 5.89 Å². The van der Waals surface area contributed by atoms with Crippen molar-refractivity contribution in [1.82, 2.24) is 20.4 Å². The molecular weight excluding hydrogens is 600 g/mol. The zero-order valence-corrected chi connectivity index (χ0v) is 24.6. The molecule has 0 bridgehead atoms. The van der Waals surface area contributed by atoms with Crippen molar-refractivity contribution in [3.8, 4) is 0 Å². The quantitative estimate of drug-likeness (QED) is 0.139. The first-order chi connectivity index (χ1) is 19.6. The summed E-state index contributed by atoms with van der Waals surface area (Å²) in [5.41, 5.74) is -0.0984. The van der Waals surface area contributed by atoms with Gasteiger partial charge in [-0.15, -0.1) is 0 Å². The number of ketones is 1. The Balaban J connectivity index is 0.00000301. The van der Waals surface area contributed by atoms with Crippen molar-refractivity contribution in [3.05, 3.63) is 65.5 Å². The van der Waals surface area contributed by atoms with Gasteiger partial charge in [0.2, 0.25) is 21.7 Å². The molecule has 3 aromatic rings. The number of amidine groups is 1. The van der Waals surface area contributed by atoms with Crippen LogP contribution in [0.15, 0.2) is 57.9 Å². The number of hydrogen-bond acceptors (Lipinski definition) is 10. The Morgan fingerprint density at radius 1 is 1.02 bits per heavy atom. The lowest BCUT2D eigenvalue weighted by atomic mass is 10.1. The molecule has 1 atom stereocenters. The van der Waals surface area contributed by atoms with Gasteiger partial charge in [0.1, 0.15) is 17.4 Å². The summed E-state index contributed by atoms with van der Waals surface area (Å²) in [6.45, 7) is 4.51. The predicted molar refractivity (Wildman–Crippen MR) is 150 cm³/mol. The van der Waals surface area contributed by atoms with E-state index in [-0.39, 0.29) is 17.3 Å². The number of para-hydroxylation sites is 2. The summed E-state index contributed by atoms with van der Waals surface area (Å²) in [6, 6.07) is 9.53. The number of sulfone groups is 1. The van der Waals surface area contributed by atoms with Gasteiger partial charge >= 0.3 is 5.91 Å². The van der Waals surface area contributed by atoms with Crippen LogP contribution in [0, 0.1) is 0 Å². The van der Waals surface area contributed by atoms with Gasteiger partial charge in [-0.05, 0) is 30.7 Å². The molecule has 0 fully saturated rings. The third kappa shape index (κ3) is 9.99. The van der Waals surface area contributed by atoms with E-state index in [0.717, 1.165) is 18.4 Å². The monoisotopic (exact) mass is 629 g/mol. The summed E-state index contributed by atoms with van der Waals surface area (Å²) in [6.07, 6.45) is 0.809. The maximum Gasteiger partial charge on any atom is 0.314 e. The standard InChI is InChI=1S/C23H23F2N5O8S2.C2H6/c1-14(29-39(2,34)35)27-18(13-40(36,37)12-15-7-3-4-8-16(15)23(33)30(24)25)21(32)26-11-19(31)22-28-17-9-5-6-10-20(17)38-22;1-2/h3-10,18H,11-13H2,1-2H3,(H,26,32)(H,27,29);1-2H3/t18-;/m0./s1. The van der Waals surface area contributed by atoms with Crippen molar-refractivity contribution in [2.75, 3.05) is 18.6 Å². The number of Topliss-reactive ketones (excluding diaryl/α,β-unsaturated/α-hetero) is 1. The zero-order chi connectivity index (χ0) is 31.7. The molecule has 2 amide bonds. The second kappa shape index (κ2) is 14.6. The van der Waals surface area contributed by atoms with Gasteiger partial charge in [-0.3, -0.25) is 24.1 Å². The Labute approximate surface area is 240 Å². The number of nitrogens with one attached hydrogen (secondary N) is 2. The van der Waals surface area contributed by atoms with E-state index in [1.54, 1.807) is 24.3 Å². The van der Waals surface area contributed by atoms with Crippen LogP contribution < -0.4 is 10.0 Å². The Kier molecular flexibility index (Phi) is 11.8. The van der Waals surface area contributed by atoms with Crippen molar-refractivity contribution in [2.24, 2.45) is 4.99 Å². The minimum Gasteiger partial charge on any atom is -0.434 e. The van der Waals surface area contributed by atoms with Gasteiger partial charge in [-0.2, -0.15) is 0 Å². The SMILES string of the molecule is CC.CC(=N[C@@H](CS(=O)(=O)Cc1ccccc1C(=O)N(F)F)C(=O)NCC(=O)c1nc2ccccc2o1)NS(C)(=O)=O. The summed E-state index contributed by atoms with van der Waals surface area (Å²) >= 11 is 0. The van der Waals surface area contributed by atoms with Crippen LogP contribution in [0.2, 0.25) is 0 Å². The number of amides is 2. The normalized spacial score (nSPS) is 12.6. The van der Waals surface area contributed by atoms with E-state index in [0.29, 0.717) is 11.1 Å². The maximum absolute atomic E-state index is 13.0. The molecule has 0 saturated carbocycles. The molecule has 2 aromatic carbocycles. The average Bonchev–Trinajstić information content (AvgIpc) is 3.35. The summed E-state index contributed by atoms with van der Waals surface area (Å²) < 4.78 is 82.1. The molecule has 42 heavy (non-hydrogen) atoms. The smallest absolute Gasteiger partial charge is 0.314 e. The molecule has 0 aliphatic rings. The van der Waals surface area contributed by atoms with Gasteiger partial charge in [0, 0.05) is 10.9 Å². The van der Waals surface area contributed by atoms with Crippen LogP contribution >= 0.6 is 0 Å². The lowest BCUT2D eigenvalue weighted by molar-refractivity contribution is -0.121. The minimum absolute atomic E-state index is 0.256. The molecule has 1 aromatic heterocycles. The van der Waals surface area contributed by atoms with Crippen LogP contribution in [0.25, 0.3) is 11.1 Å². The molecular formula is C25H29F2N5O8S2. The number of nitrogens with zero attached hydrogens (tertiary/aromatic N) is 3. The van der Waals surface area contributed by atoms with E-state index in [9.17, 15) is 40.2 Å². The first-order valence-corrected chi connectivity index (χ1v) is 16.0. The highest BCUT2D eigenvalue weighted by Crippen LogP contribution is 2.18. The molecule has 0 saturated heterocycles. The van der Waals surface area contributed by atoms with Crippen LogP contribution in [0.4, 0.5) is 8.96 Å². The van der Waals surface area contributed by atoms with E-state index in [4.69, 9.17) is 4.42 Å². The number of oxazole rings is 1. The molecule has 0 spiro atoms. The fraction of sp³-hybridized carbons (Fsp3) is 0.320. The maximum atomic E-state index is 13.0. The summed E-state index contributed by atoms with van der Waals surface area (Å²) in [5, 5.41) is 0.533. The largest absolute Gasteiger partial charge is 0.434 e. The predicted octanol–water partition coefficient (Wildman–Crippen LogP) is 2.32. The highest BCUT2D eigenvalue weighted by Gasteiger charge is 2.29. The number of fused-ring (bicyclic) bond motifs is 1. The number of benzene rings is 2. The summed E-state index contributed by atoms with van der Waals surface area (Å²) in [7, 11) is -8.17. The number of sulfonamides is 1. The van der Waals surface area contributed by atoms with E-state index >= 15 is 0 Å². The molecule has 1 heterocycles. The molecule has 0 unspecified atom stereocenters. The second-order valence-corrected chi connectivity index (χ2v) is 12.3. The van der Waals surface area contributed by atoms with Crippen molar-refractivity contribution in [3.63, 3.8) is 0 Å². The first kappa shape index (κ1) is 34.0. The topological polar surface area (TPSA) is 185 Å². The number of aliphatic imine (C=N–C) groups is 1. The number of hydrogen-bond donors (Lipinski definition) is 2. The Morgan fingerprint density at radius 3 is 2.26 bits per heavy atom. The van der Waals surface area contributed by atoms with Crippen molar-refractivity contribution < 1.29 is 44.6 Å². The fourth-order valence-electron chi connectivity index (χ4n) is 3.53. The summed E-state index contributed by atoms with van der Waals surface area (Å²) in [5.74, 6) is -6.10. The minimum atomic E-state index is -4.33. The number of carbonyl (C=O) groups is 3. The van der Waals surface area contributed by atoms with Gasteiger partial charge < -0.3 is 9.73 Å². The van der Waals surface area contributed by atoms with Crippen LogP contribution in [0.5, 0.6) is 0 Å². The van der Waals surface area contributed by atoms with Crippen LogP contribution in [0.1, 0.15) is 47.4 Å². The highest BCUT2D eigenvalue weighted by molar-refractivity contribution is 7.90. The molecule has 0 radical (unpaired) electrons. The van der Waals surface area contributed by atoms with Crippen LogP contribution in [0.3, 0.4) is 0 Å². The van der Waals surface area contributed by atoms with E-state index in [1.165, 1.54) is 19.1 Å². The summed E-state index contributed by atoms with van der Waals surface area (Å²) in [4.78, 5) is 45.1. The third-order valence-corrected chi connectivity index (χ3v) is 7.37. The number of carbonyl (C=O) groups excluding carboxylic acids is 3. The van der Waals surface area contributed by atoms with Crippen molar-refractivity contribution in [2.45, 2.75) is 32.6 Å².